The number of fused-ring (bicyclic) bond motifs is 9. The maximum atomic E-state index is 15.5. The number of nitrogens with zero attached hydrogens (tertiary/aromatic N) is 4. The molecule has 4 aromatic heterocycles. The standard InChI is InChI=1S/C37H8F15N4.C18H15P.Rh/c38-23-20(24(39)30(45)35(50)29(23)44)17-11-3-1-9(53-11)10-2-4-12(54-10)18(21-25(40)31(46)36(51)32(47)26(21)41)14-6-8-16(56-14)19(15-7-5-13(17)55-15)22-27(42)33(48)37(52)34(49)28(22)43;1-4-10-16(11-5-1)19(17-12-6-2-7-13-17)18-14-8-3-9-15-18;/h1-8H;1-15H;/q-3;;+3. The van der Waals surface area contributed by atoms with Gasteiger partial charge in [0, 0.05) is 0 Å². The summed E-state index contributed by atoms with van der Waals surface area (Å²) in [6.45, 7) is 0. The first-order chi connectivity index (χ1) is 36.0. The number of hydrogen-bond donors (Lipinski definition) is 0. The molecular formula is C55H23F15N4PRh. The first kappa shape index (κ1) is 52.9. The molecule has 5 heterocycles. The van der Waals surface area contributed by atoms with Crippen LogP contribution < -0.4 is 30.9 Å². The maximum Gasteiger partial charge on any atom is 3.00 e. The van der Waals surface area contributed by atoms with Crippen molar-refractivity contribution in [2.75, 3.05) is 0 Å². The molecule has 0 N–H and O–H groups in total. The predicted octanol–water partition coefficient (Wildman–Crippen LogP) is 14.1. The van der Waals surface area contributed by atoms with Crippen LogP contribution in [0.15, 0.2) is 127 Å². The Morgan fingerprint density at radius 2 is 0.474 bits per heavy atom. The van der Waals surface area contributed by atoms with E-state index in [1.165, 1.54) is 15.9 Å². The molecule has 11 rings (SSSR count). The van der Waals surface area contributed by atoms with Gasteiger partial charge in [-0.3, -0.25) is 0 Å². The van der Waals surface area contributed by atoms with Crippen LogP contribution in [0.3, 0.4) is 0 Å². The number of rotatable bonds is 6. The van der Waals surface area contributed by atoms with Crippen molar-refractivity contribution in [2.24, 2.45) is 0 Å². The van der Waals surface area contributed by atoms with Crippen LogP contribution in [0.5, 0.6) is 0 Å². The van der Waals surface area contributed by atoms with Crippen molar-refractivity contribution < 1.29 is 85.3 Å². The smallest absolute Gasteiger partial charge is 0.658 e. The zero-order valence-electron chi connectivity index (χ0n) is 37.5. The van der Waals surface area contributed by atoms with Gasteiger partial charge >= 0.3 is 19.5 Å². The van der Waals surface area contributed by atoms with E-state index in [0.717, 1.165) is 48.6 Å². The summed E-state index contributed by atoms with van der Waals surface area (Å²) in [6, 6.07) is 38.0. The third-order valence-electron chi connectivity index (χ3n) is 11.8. The number of benzene rings is 6. The summed E-state index contributed by atoms with van der Waals surface area (Å²) in [4.78, 5) is 16.3. The molecule has 0 aliphatic carbocycles. The van der Waals surface area contributed by atoms with Gasteiger partial charge in [0.05, 0.1) is 28.1 Å². The summed E-state index contributed by atoms with van der Waals surface area (Å²) in [5, 5.41) is 4.19. The number of halogens is 15. The van der Waals surface area contributed by atoms with Gasteiger partial charge in [-0.2, -0.15) is 11.0 Å². The van der Waals surface area contributed by atoms with Gasteiger partial charge in [-0.15, -0.1) is 22.1 Å². The Hall–Kier alpha value is -7.95. The average Bonchev–Trinajstić information content (AvgIpc) is 4.30. The number of aromatic nitrogens is 4. The third-order valence-corrected chi connectivity index (χ3v) is 14.2. The summed E-state index contributed by atoms with van der Waals surface area (Å²) >= 11 is 0. The molecule has 0 saturated carbocycles. The van der Waals surface area contributed by atoms with Gasteiger partial charge in [0.25, 0.3) is 0 Å². The molecule has 0 amide bonds. The van der Waals surface area contributed by atoms with E-state index < -0.39 is 162 Å². The van der Waals surface area contributed by atoms with Crippen molar-refractivity contribution in [2.45, 2.75) is 0 Å². The van der Waals surface area contributed by atoms with Crippen molar-refractivity contribution in [3.05, 3.63) is 226 Å². The van der Waals surface area contributed by atoms with Crippen LogP contribution in [0.1, 0.15) is 11.4 Å². The second-order valence-corrected chi connectivity index (χ2v) is 18.4. The molecule has 8 bridgehead atoms. The second-order valence-electron chi connectivity index (χ2n) is 16.2. The van der Waals surface area contributed by atoms with Crippen molar-refractivity contribution in [1.82, 2.24) is 19.9 Å². The molecule has 76 heavy (non-hydrogen) atoms. The van der Waals surface area contributed by atoms with Gasteiger partial charge in [-0.05, 0) is 52.7 Å². The summed E-state index contributed by atoms with van der Waals surface area (Å²) in [7, 11) is -0.446. The SMILES string of the molecule is Fc1c(F)c(F)c(-c2c3nc(c(-c4c(F)c(F)c(F)c(F)c4F)c4ccc([n-]4)c4ccc([n-]4)c(-c4c(F)c(F)c(F)c(F)c4F)c4ccc2[n-]4)C=C3)c(F)c1F.[Rh+3].c1ccc(P(c2ccccc2)c2ccccc2)cc1. The number of hydrogen-bond acceptors (Lipinski definition) is 1. The molecule has 0 saturated heterocycles. The fourth-order valence-electron chi connectivity index (χ4n) is 8.38. The Morgan fingerprint density at radius 1 is 0.250 bits per heavy atom. The van der Waals surface area contributed by atoms with Crippen LogP contribution in [0.2, 0.25) is 0 Å². The Labute approximate surface area is 432 Å². The molecule has 382 valence electrons. The molecule has 4 nitrogen and oxygen atoms in total. The molecule has 0 unspecified atom stereocenters. The molecule has 0 spiro atoms. The Morgan fingerprint density at radius 3 is 0.763 bits per heavy atom. The van der Waals surface area contributed by atoms with E-state index in [2.05, 4.69) is 111 Å². The van der Waals surface area contributed by atoms with Crippen molar-refractivity contribution in [1.29, 1.82) is 0 Å². The van der Waals surface area contributed by atoms with Gasteiger partial charge < -0.3 is 15.0 Å². The van der Waals surface area contributed by atoms with Crippen molar-refractivity contribution in [3.63, 3.8) is 0 Å². The van der Waals surface area contributed by atoms with E-state index in [1.54, 1.807) is 0 Å². The molecule has 1 aliphatic rings. The van der Waals surface area contributed by atoms with E-state index in [-0.39, 0.29) is 30.5 Å². The van der Waals surface area contributed by atoms with Crippen molar-refractivity contribution in [3.8, 4) is 33.4 Å². The van der Waals surface area contributed by atoms with Crippen LogP contribution in [0.4, 0.5) is 65.9 Å². The van der Waals surface area contributed by atoms with Gasteiger partial charge in [0.2, 0.25) is 17.5 Å². The van der Waals surface area contributed by atoms with E-state index in [0.29, 0.717) is 0 Å². The molecule has 21 heteroatoms. The maximum absolute atomic E-state index is 15.5. The molecular weight excluding hydrogens is 1140 g/mol. The quantitative estimate of drug-likeness (QED) is 0.0547. The summed E-state index contributed by atoms with van der Waals surface area (Å²) in [5.41, 5.74) is -13.0. The predicted molar refractivity (Wildman–Crippen MR) is 253 cm³/mol. The molecule has 10 aromatic rings. The largest absolute Gasteiger partial charge is 3.00 e. The Bertz CT molecular complexity index is 3910. The van der Waals surface area contributed by atoms with Gasteiger partial charge in [-0.1, -0.05) is 127 Å². The van der Waals surface area contributed by atoms with E-state index in [4.69, 9.17) is 0 Å². The van der Waals surface area contributed by atoms with Gasteiger partial charge in [0.15, 0.2) is 69.8 Å². The second kappa shape index (κ2) is 21.0. The van der Waals surface area contributed by atoms with Crippen LogP contribution in [-0.2, 0) is 19.5 Å². The molecule has 0 fully saturated rings. The van der Waals surface area contributed by atoms with E-state index >= 15 is 26.3 Å². The third kappa shape index (κ3) is 9.02. The first-order valence-corrected chi connectivity index (χ1v) is 23.0. The van der Waals surface area contributed by atoms with Gasteiger partial charge in [-0.25, -0.2) is 70.8 Å². The summed E-state index contributed by atoms with van der Waals surface area (Å²) in [6.07, 6.45) is 1.56. The first-order valence-electron chi connectivity index (χ1n) is 21.7. The molecule has 6 aromatic carbocycles. The van der Waals surface area contributed by atoms with Gasteiger partial charge in [0.1, 0.15) is 0 Å². The van der Waals surface area contributed by atoms with Crippen LogP contribution in [0.25, 0.3) is 78.6 Å². The molecule has 1 aliphatic heterocycles. The minimum Gasteiger partial charge on any atom is -0.658 e. The minimum atomic E-state index is -2.62. The van der Waals surface area contributed by atoms with Crippen LogP contribution in [-0.4, -0.2) is 4.98 Å². The fourth-order valence-corrected chi connectivity index (χ4v) is 10.7. The monoisotopic (exact) mass is 1160 g/mol. The zero-order chi connectivity index (χ0) is 53.1. The average molecular weight is 1160 g/mol. The fraction of sp³-hybridized carbons (Fsp3) is 0. The van der Waals surface area contributed by atoms with E-state index in [1.807, 2.05) is 0 Å². The van der Waals surface area contributed by atoms with E-state index in [9.17, 15) is 39.5 Å². The molecule has 0 atom stereocenters. The zero-order valence-corrected chi connectivity index (χ0v) is 40.1. The van der Waals surface area contributed by atoms with Crippen LogP contribution >= 0.6 is 7.92 Å². The summed E-state index contributed by atoms with van der Waals surface area (Å²) < 4.78 is 223. The van der Waals surface area contributed by atoms with Crippen LogP contribution in [0, 0.1) is 87.3 Å². The van der Waals surface area contributed by atoms with Crippen molar-refractivity contribution >= 4 is 69.1 Å². The minimum absolute atomic E-state index is 0. The summed E-state index contributed by atoms with van der Waals surface area (Å²) in [5.74, 6) is -37.0. The Kier molecular flexibility index (Phi) is 14.6. The topological polar surface area (TPSA) is 55.2 Å². The normalized spacial score (nSPS) is 11.6. The molecule has 0 radical (unpaired) electrons. The Balaban J connectivity index is 0.000000296.